The summed E-state index contributed by atoms with van der Waals surface area (Å²) in [5.74, 6) is 1.66. The molecule has 1 N–H and O–H groups in total. The van der Waals surface area contributed by atoms with E-state index in [0.717, 1.165) is 28.7 Å². The van der Waals surface area contributed by atoms with E-state index in [1.54, 1.807) is 11.8 Å². The van der Waals surface area contributed by atoms with E-state index in [2.05, 4.69) is 58.5 Å². The fraction of sp³-hybridized carbons (Fsp3) is 0.158. The van der Waals surface area contributed by atoms with Crippen LogP contribution in [0.25, 0.3) is 12.2 Å². The van der Waals surface area contributed by atoms with Gasteiger partial charge in [-0.3, -0.25) is 5.10 Å². The van der Waals surface area contributed by atoms with E-state index >= 15 is 0 Å². The fourth-order valence-corrected chi connectivity index (χ4v) is 2.97. The number of H-pyrrole nitrogens is 1. The molecule has 0 bridgehead atoms. The molecule has 3 nitrogen and oxygen atoms in total. The van der Waals surface area contributed by atoms with Crippen molar-refractivity contribution in [3.63, 3.8) is 0 Å². The Morgan fingerprint density at radius 3 is 2.65 bits per heavy atom. The summed E-state index contributed by atoms with van der Waals surface area (Å²) >= 11 is 1.65. The Morgan fingerprint density at radius 1 is 1.00 bits per heavy atom. The second-order valence-corrected chi connectivity index (χ2v) is 6.15. The summed E-state index contributed by atoms with van der Waals surface area (Å²) in [6, 6.07) is 18.8. The number of aromatic nitrogens is 3. The number of thioether (sulfide) groups is 1. The van der Waals surface area contributed by atoms with Gasteiger partial charge in [0.1, 0.15) is 5.82 Å². The van der Waals surface area contributed by atoms with Crippen molar-refractivity contribution in [2.45, 2.75) is 24.3 Å². The molecule has 4 heteroatoms. The van der Waals surface area contributed by atoms with Crippen LogP contribution in [-0.4, -0.2) is 15.2 Å². The SMILES string of the molecule is CCc1cccc(CSc2n[nH]c(/C=C/c3ccccc3)n2)c1. The number of benzene rings is 2. The van der Waals surface area contributed by atoms with Crippen LogP contribution in [0.3, 0.4) is 0 Å². The largest absolute Gasteiger partial charge is 0.259 e. The van der Waals surface area contributed by atoms with Gasteiger partial charge in [0, 0.05) is 5.75 Å². The number of nitrogens with zero attached hydrogens (tertiary/aromatic N) is 2. The molecular formula is C19H19N3S. The highest BCUT2D eigenvalue weighted by molar-refractivity contribution is 7.98. The maximum absolute atomic E-state index is 4.49. The van der Waals surface area contributed by atoms with Crippen molar-refractivity contribution in [2.75, 3.05) is 0 Å². The van der Waals surface area contributed by atoms with Crippen molar-refractivity contribution in [2.24, 2.45) is 0 Å². The maximum Gasteiger partial charge on any atom is 0.209 e. The summed E-state index contributed by atoms with van der Waals surface area (Å²) in [6.45, 7) is 2.17. The second kappa shape index (κ2) is 7.79. The average molecular weight is 321 g/mol. The standard InChI is InChI=1S/C19H19N3S/c1-2-15-9-6-10-17(13-15)14-23-19-20-18(21-22-19)12-11-16-7-4-3-5-8-16/h3-13H,2,14H2,1H3,(H,20,21,22)/b12-11+. The zero-order valence-electron chi connectivity index (χ0n) is 13.1. The third kappa shape index (κ3) is 4.57. The van der Waals surface area contributed by atoms with Crippen LogP contribution in [0.4, 0.5) is 0 Å². The van der Waals surface area contributed by atoms with Crippen LogP contribution < -0.4 is 0 Å². The van der Waals surface area contributed by atoms with Crippen LogP contribution in [0.15, 0.2) is 59.8 Å². The van der Waals surface area contributed by atoms with E-state index in [4.69, 9.17) is 0 Å². The van der Waals surface area contributed by atoms with Crippen LogP contribution in [0.2, 0.25) is 0 Å². The molecule has 116 valence electrons. The zero-order chi connectivity index (χ0) is 15.9. The van der Waals surface area contributed by atoms with Crippen molar-refractivity contribution in [1.82, 2.24) is 15.2 Å². The molecule has 0 atom stereocenters. The summed E-state index contributed by atoms with van der Waals surface area (Å²) in [6.07, 6.45) is 5.04. The van der Waals surface area contributed by atoms with Crippen molar-refractivity contribution in [3.8, 4) is 0 Å². The number of nitrogens with one attached hydrogen (secondary N) is 1. The zero-order valence-corrected chi connectivity index (χ0v) is 13.9. The van der Waals surface area contributed by atoms with Gasteiger partial charge in [-0.05, 0) is 29.2 Å². The molecule has 0 aliphatic carbocycles. The lowest BCUT2D eigenvalue weighted by molar-refractivity contribution is 0.972. The molecule has 3 rings (SSSR count). The molecule has 0 aliphatic rings. The topological polar surface area (TPSA) is 41.6 Å². The van der Waals surface area contributed by atoms with Crippen molar-refractivity contribution in [3.05, 3.63) is 77.1 Å². The summed E-state index contributed by atoms with van der Waals surface area (Å²) in [5, 5.41) is 8.01. The van der Waals surface area contributed by atoms with Crippen LogP contribution in [-0.2, 0) is 12.2 Å². The van der Waals surface area contributed by atoms with Gasteiger partial charge < -0.3 is 0 Å². The first-order valence-corrected chi connectivity index (χ1v) is 8.68. The minimum absolute atomic E-state index is 0.777. The predicted octanol–water partition coefficient (Wildman–Crippen LogP) is 4.83. The molecular weight excluding hydrogens is 302 g/mol. The summed E-state index contributed by atoms with van der Waals surface area (Å²) in [5.41, 5.74) is 3.82. The van der Waals surface area contributed by atoms with E-state index < -0.39 is 0 Å². The highest BCUT2D eigenvalue weighted by atomic mass is 32.2. The van der Waals surface area contributed by atoms with E-state index in [1.807, 2.05) is 30.4 Å². The Labute approximate surface area is 140 Å². The highest BCUT2D eigenvalue weighted by Crippen LogP contribution is 2.20. The molecule has 0 saturated carbocycles. The smallest absolute Gasteiger partial charge is 0.209 e. The maximum atomic E-state index is 4.49. The van der Waals surface area contributed by atoms with Crippen molar-refractivity contribution in [1.29, 1.82) is 0 Å². The minimum atomic E-state index is 0.777. The monoisotopic (exact) mass is 321 g/mol. The van der Waals surface area contributed by atoms with Crippen LogP contribution in [0, 0.1) is 0 Å². The second-order valence-electron chi connectivity index (χ2n) is 5.21. The quantitative estimate of drug-likeness (QED) is 0.661. The lowest BCUT2D eigenvalue weighted by Crippen LogP contribution is -1.85. The molecule has 3 aromatic rings. The van der Waals surface area contributed by atoms with Gasteiger partial charge in [0.25, 0.3) is 0 Å². The van der Waals surface area contributed by atoms with Gasteiger partial charge in [0.15, 0.2) is 0 Å². The van der Waals surface area contributed by atoms with E-state index in [9.17, 15) is 0 Å². The van der Waals surface area contributed by atoms with Crippen LogP contribution in [0.1, 0.15) is 29.4 Å². The van der Waals surface area contributed by atoms with Crippen molar-refractivity contribution >= 4 is 23.9 Å². The first kappa shape index (κ1) is 15.6. The van der Waals surface area contributed by atoms with Gasteiger partial charge in [-0.1, -0.05) is 79.4 Å². The molecule has 0 radical (unpaired) electrons. The molecule has 23 heavy (non-hydrogen) atoms. The first-order valence-electron chi connectivity index (χ1n) is 7.69. The highest BCUT2D eigenvalue weighted by Gasteiger charge is 2.03. The number of aromatic amines is 1. The Balaban J connectivity index is 1.60. The molecule has 0 unspecified atom stereocenters. The fourth-order valence-electron chi connectivity index (χ4n) is 2.22. The molecule has 0 fully saturated rings. The van der Waals surface area contributed by atoms with Gasteiger partial charge >= 0.3 is 0 Å². The molecule has 0 spiro atoms. The summed E-state index contributed by atoms with van der Waals surface area (Å²) in [4.78, 5) is 4.49. The number of hydrogen-bond acceptors (Lipinski definition) is 3. The molecule has 0 aliphatic heterocycles. The van der Waals surface area contributed by atoms with Crippen LogP contribution in [0.5, 0.6) is 0 Å². The summed E-state index contributed by atoms with van der Waals surface area (Å²) < 4.78 is 0. The van der Waals surface area contributed by atoms with Gasteiger partial charge in [0.05, 0.1) is 0 Å². The van der Waals surface area contributed by atoms with Gasteiger partial charge in [-0.15, -0.1) is 5.10 Å². The van der Waals surface area contributed by atoms with E-state index in [-0.39, 0.29) is 0 Å². The van der Waals surface area contributed by atoms with Gasteiger partial charge in [-0.2, -0.15) is 0 Å². The molecule has 2 aromatic carbocycles. The molecule has 0 amide bonds. The van der Waals surface area contributed by atoms with E-state index in [1.165, 1.54) is 11.1 Å². The van der Waals surface area contributed by atoms with Crippen molar-refractivity contribution < 1.29 is 0 Å². The Hall–Kier alpha value is -2.33. The number of rotatable bonds is 6. The third-order valence-electron chi connectivity index (χ3n) is 3.48. The van der Waals surface area contributed by atoms with E-state index in [0.29, 0.717) is 0 Å². The Morgan fingerprint density at radius 2 is 1.83 bits per heavy atom. The Bertz CT molecular complexity index is 778. The van der Waals surface area contributed by atoms with Crippen LogP contribution >= 0.6 is 11.8 Å². The minimum Gasteiger partial charge on any atom is -0.259 e. The number of hydrogen-bond donors (Lipinski definition) is 1. The average Bonchev–Trinajstić information content (AvgIpc) is 3.07. The van der Waals surface area contributed by atoms with Gasteiger partial charge in [-0.25, -0.2) is 4.98 Å². The van der Waals surface area contributed by atoms with Gasteiger partial charge in [0.2, 0.25) is 5.16 Å². The molecule has 1 aromatic heterocycles. The summed E-state index contributed by atoms with van der Waals surface area (Å²) in [7, 11) is 0. The third-order valence-corrected chi connectivity index (χ3v) is 4.40. The normalized spacial score (nSPS) is 11.2. The molecule has 1 heterocycles. The first-order chi connectivity index (χ1) is 11.3. The lowest BCUT2D eigenvalue weighted by atomic mass is 10.1. The lowest BCUT2D eigenvalue weighted by Gasteiger charge is -2.01. The Kier molecular flexibility index (Phi) is 5.27. The molecule has 0 saturated heterocycles. The number of aryl methyl sites for hydroxylation is 1. The predicted molar refractivity (Wildman–Crippen MR) is 97.1 cm³/mol.